The normalized spacial score (nSPS) is 13.6. The minimum Gasteiger partial charge on any atom is -0.480 e. The lowest BCUT2D eigenvalue weighted by Crippen LogP contribution is -2.15. The summed E-state index contributed by atoms with van der Waals surface area (Å²) < 4.78 is 0. The molecule has 1 saturated carbocycles. The lowest BCUT2D eigenvalue weighted by molar-refractivity contribution is -0.134. The van der Waals surface area contributed by atoms with Gasteiger partial charge >= 0.3 is 5.97 Å². The Balaban J connectivity index is 1.73. The van der Waals surface area contributed by atoms with Crippen LogP contribution in [0.25, 0.3) is 0 Å². The van der Waals surface area contributed by atoms with Crippen molar-refractivity contribution in [3.8, 4) is 0 Å². The van der Waals surface area contributed by atoms with Gasteiger partial charge in [0, 0.05) is 23.6 Å². The lowest BCUT2D eigenvalue weighted by Gasteiger charge is -2.10. The Morgan fingerprint density at radius 3 is 2.78 bits per heavy atom. The average molecular weight is 333 g/mol. The highest BCUT2D eigenvalue weighted by atomic mass is 35.5. The number of halogens is 1. The number of anilines is 2. The number of nitrogens with zero attached hydrogens (tertiary/aromatic N) is 2. The molecule has 0 bridgehead atoms. The number of aliphatic carboxylic acids is 1. The molecule has 6 nitrogen and oxygen atoms in total. The predicted octanol–water partition coefficient (Wildman–Crippen LogP) is 3.12. The maximum absolute atomic E-state index is 10.7. The zero-order valence-electron chi connectivity index (χ0n) is 12.4. The minimum absolute atomic E-state index is 0.206. The van der Waals surface area contributed by atoms with E-state index >= 15 is 0 Å². The minimum atomic E-state index is -0.945. The molecule has 0 unspecified atom stereocenters. The lowest BCUT2D eigenvalue weighted by atomic mass is 10.2. The van der Waals surface area contributed by atoms with E-state index in [2.05, 4.69) is 20.6 Å². The van der Waals surface area contributed by atoms with Crippen LogP contribution in [0.15, 0.2) is 30.3 Å². The van der Waals surface area contributed by atoms with E-state index in [0.717, 1.165) is 24.1 Å². The molecule has 1 heterocycles. The second-order valence-electron chi connectivity index (χ2n) is 5.51. The molecule has 0 spiro atoms. The number of aromatic nitrogens is 2. The van der Waals surface area contributed by atoms with Crippen molar-refractivity contribution in [1.82, 2.24) is 9.97 Å². The highest BCUT2D eigenvalue weighted by Crippen LogP contribution is 2.39. The third kappa shape index (κ3) is 4.56. The predicted molar refractivity (Wildman–Crippen MR) is 88.9 cm³/mol. The first-order valence-corrected chi connectivity index (χ1v) is 7.81. The summed E-state index contributed by atoms with van der Waals surface area (Å²) in [6, 6.07) is 9.52. The van der Waals surface area contributed by atoms with Crippen LogP contribution in [-0.4, -0.2) is 27.6 Å². The molecule has 0 amide bonds. The molecule has 3 N–H and O–H groups in total. The van der Waals surface area contributed by atoms with Gasteiger partial charge in [0.2, 0.25) is 5.95 Å². The Kier molecular flexibility index (Phi) is 4.62. The quantitative estimate of drug-likeness (QED) is 0.722. The molecule has 1 fully saturated rings. The Morgan fingerprint density at radius 2 is 2.09 bits per heavy atom. The molecule has 7 heteroatoms. The fourth-order valence-electron chi connectivity index (χ4n) is 2.22. The van der Waals surface area contributed by atoms with Crippen LogP contribution in [0.2, 0.25) is 5.02 Å². The molecule has 1 aromatic heterocycles. The molecule has 1 aliphatic rings. The van der Waals surface area contributed by atoms with E-state index in [9.17, 15) is 4.79 Å². The summed E-state index contributed by atoms with van der Waals surface area (Å²) in [7, 11) is 0. The van der Waals surface area contributed by atoms with E-state index in [0.29, 0.717) is 29.3 Å². The number of carboxylic acid groups (broad SMARTS) is 1. The monoisotopic (exact) mass is 332 g/mol. The van der Waals surface area contributed by atoms with Crippen molar-refractivity contribution in [2.24, 2.45) is 0 Å². The summed E-state index contributed by atoms with van der Waals surface area (Å²) >= 11 is 5.98. The molecular weight excluding hydrogens is 316 g/mol. The van der Waals surface area contributed by atoms with E-state index in [4.69, 9.17) is 16.7 Å². The number of hydrogen-bond donors (Lipinski definition) is 3. The molecular formula is C16H17ClN4O2. The zero-order valence-corrected chi connectivity index (χ0v) is 13.2. The second-order valence-corrected chi connectivity index (χ2v) is 5.94. The summed E-state index contributed by atoms with van der Waals surface area (Å²) in [5.41, 5.74) is 1.99. The van der Waals surface area contributed by atoms with Crippen LogP contribution in [0.3, 0.4) is 0 Å². The highest BCUT2D eigenvalue weighted by Gasteiger charge is 2.26. The van der Waals surface area contributed by atoms with Crippen LogP contribution in [0, 0.1) is 0 Å². The van der Waals surface area contributed by atoms with Crippen LogP contribution in [0.1, 0.15) is 30.0 Å². The first-order valence-electron chi connectivity index (χ1n) is 7.43. The van der Waals surface area contributed by atoms with E-state index in [1.807, 2.05) is 30.3 Å². The number of carboxylic acids is 1. The fraction of sp³-hybridized carbons (Fsp3) is 0.312. The molecule has 0 atom stereocenters. The van der Waals surface area contributed by atoms with Crippen molar-refractivity contribution in [2.75, 3.05) is 17.2 Å². The summed E-state index contributed by atoms with van der Waals surface area (Å²) in [4.78, 5) is 19.4. The Labute approximate surface area is 138 Å². The van der Waals surface area contributed by atoms with Gasteiger partial charge in [-0.05, 0) is 30.5 Å². The van der Waals surface area contributed by atoms with E-state index < -0.39 is 5.97 Å². The van der Waals surface area contributed by atoms with Gasteiger partial charge in [-0.1, -0.05) is 23.7 Å². The summed E-state index contributed by atoms with van der Waals surface area (Å²) in [5.74, 6) is 0.522. The van der Waals surface area contributed by atoms with Crippen molar-refractivity contribution < 1.29 is 9.90 Å². The fourth-order valence-corrected chi connectivity index (χ4v) is 2.43. The van der Waals surface area contributed by atoms with E-state index in [1.165, 1.54) is 0 Å². The third-order valence-corrected chi connectivity index (χ3v) is 3.74. The smallest absolute Gasteiger partial charge is 0.322 e. The third-order valence-electron chi connectivity index (χ3n) is 3.50. The SMILES string of the molecule is O=C(O)CNc1nc(NCc2cccc(Cl)c2)cc(C2CC2)n1. The van der Waals surface area contributed by atoms with Gasteiger partial charge in [0.25, 0.3) is 0 Å². The van der Waals surface area contributed by atoms with Crippen molar-refractivity contribution in [2.45, 2.75) is 25.3 Å². The van der Waals surface area contributed by atoms with Crippen LogP contribution < -0.4 is 10.6 Å². The molecule has 0 saturated heterocycles. The summed E-state index contributed by atoms with van der Waals surface area (Å²) in [5, 5.41) is 15.4. The number of benzene rings is 1. The average Bonchev–Trinajstić information content (AvgIpc) is 3.36. The van der Waals surface area contributed by atoms with Crippen LogP contribution in [0.5, 0.6) is 0 Å². The Morgan fingerprint density at radius 1 is 1.26 bits per heavy atom. The van der Waals surface area contributed by atoms with Gasteiger partial charge in [-0.3, -0.25) is 4.79 Å². The first kappa shape index (κ1) is 15.6. The van der Waals surface area contributed by atoms with Crippen LogP contribution in [0.4, 0.5) is 11.8 Å². The number of nitrogens with one attached hydrogen (secondary N) is 2. The van der Waals surface area contributed by atoms with E-state index in [1.54, 1.807) is 0 Å². The van der Waals surface area contributed by atoms with Crippen LogP contribution in [-0.2, 0) is 11.3 Å². The molecule has 2 aromatic rings. The summed E-state index contributed by atoms with van der Waals surface area (Å²) in [6.07, 6.45) is 2.23. The van der Waals surface area contributed by atoms with Gasteiger partial charge in [-0.15, -0.1) is 0 Å². The zero-order chi connectivity index (χ0) is 16.2. The van der Waals surface area contributed by atoms with Crippen molar-refractivity contribution in [3.63, 3.8) is 0 Å². The summed E-state index contributed by atoms with van der Waals surface area (Å²) in [6.45, 7) is 0.377. The van der Waals surface area contributed by atoms with Gasteiger partial charge in [0.1, 0.15) is 12.4 Å². The largest absolute Gasteiger partial charge is 0.480 e. The van der Waals surface area contributed by atoms with E-state index in [-0.39, 0.29) is 6.54 Å². The topological polar surface area (TPSA) is 87.1 Å². The standard InChI is InChI=1S/C16H17ClN4O2/c17-12-3-1-2-10(6-12)8-18-14-7-13(11-4-5-11)20-16(21-14)19-9-15(22)23/h1-3,6-7,11H,4-5,8-9H2,(H,22,23)(H2,18,19,20,21). The van der Waals surface area contributed by atoms with Gasteiger partial charge in [-0.2, -0.15) is 4.98 Å². The molecule has 23 heavy (non-hydrogen) atoms. The maximum atomic E-state index is 10.7. The maximum Gasteiger partial charge on any atom is 0.322 e. The van der Waals surface area contributed by atoms with Crippen molar-refractivity contribution in [1.29, 1.82) is 0 Å². The van der Waals surface area contributed by atoms with Crippen molar-refractivity contribution in [3.05, 3.63) is 46.6 Å². The van der Waals surface area contributed by atoms with Crippen LogP contribution >= 0.6 is 11.6 Å². The van der Waals surface area contributed by atoms with Gasteiger partial charge in [0.15, 0.2) is 0 Å². The molecule has 0 aliphatic heterocycles. The number of hydrogen-bond acceptors (Lipinski definition) is 5. The molecule has 120 valence electrons. The number of carbonyl (C=O) groups is 1. The first-order chi connectivity index (χ1) is 11.1. The van der Waals surface area contributed by atoms with Gasteiger partial charge < -0.3 is 15.7 Å². The molecule has 1 aromatic carbocycles. The Bertz CT molecular complexity index is 719. The molecule has 1 aliphatic carbocycles. The molecule has 0 radical (unpaired) electrons. The number of rotatable bonds is 7. The van der Waals surface area contributed by atoms with Gasteiger partial charge in [-0.25, -0.2) is 4.98 Å². The Hall–Kier alpha value is -2.34. The van der Waals surface area contributed by atoms with Crippen molar-refractivity contribution >= 4 is 29.3 Å². The molecule has 3 rings (SSSR count). The highest BCUT2D eigenvalue weighted by molar-refractivity contribution is 6.30. The van der Waals surface area contributed by atoms with Gasteiger partial charge in [0.05, 0.1) is 5.69 Å². The second kappa shape index (κ2) is 6.83.